The molecule has 1 aromatic heterocycles. The largest absolute Gasteiger partial charge is 0.356 e. The zero-order valence-electron chi connectivity index (χ0n) is 17.6. The van der Waals surface area contributed by atoms with E-state index >= 15 is 0 Å². The maximum absolute atomic E-state index is 12.9. The molecule has 162 valence electrons. The van der Waals surface area contributed by atoms with E-state index in [1.54, 1.807) is 0 Å². The van der Waals surface area contributed by atoms with Crippen LogP contribution in [-0.2, 0) is 17.9 Å². The molecule has 1 saturated heterocycles. The highest BCUT2D eigenvalue weighted by molar-refractivity contribution is 8.02. The van der Waals surface area contributed by atoms with E-state index < -0.39 is 0 Å². The second-order valence-electron chi connectivity index (χ2n) is 7.56. The molecule has 0 radical (unpaired) electrons. The minimum absolute atomic E-state index is 0.171. The summed E-state index contributed by atoms with van der Waals surface area (Å²) in [6.07, 6.45) is 0. The third-order valence-corrected chi connectivity index (χ3v) is 7.30. The summed E-state index contributed by atoms with van der Waals surface area (Å²) < 4.78 is 0.819. The van der Waals surface area contributed by atoms with Gasteiger partial charge in [0, 0.05) is 39.3 Å². The highest BCUT2D eigenvalue weighted by atomic mass is 32.2. The zero-order chi connectivity index (χ0) is 21.5. The number of hydrogen-bond acceptors (Lipinski definition) is 7. The average Bonchev–Trinajstić information content (AvgIpc) is 3.26. The Morgan fingerprint density at radius 3 is 2.32 bits per heavy atom. The first kappa shape index (κ1) is 21.8. The number of hydrogen-bond donors (Lipinski definition) is 1. The van der Waals surface area contributed by atoms with Gasteiger partial charge in [0.15, 0.2) is 4.34 Å². The predicted molar refractivity (Wildman–Crippen MR) is 127 cm³/mol. The number of anilines is 1. The fraction of sp³-hybridized carbons (Fsp3) is 0.348. The molecule has 1 atom stereocenters. The van der Waals surface area contributed by atoms with E-state index in [1.807, 2.05) is 36.1 Å². The molecule has 1 aliphatic rings. The van der Waals surface area contributed by atoms with Crippen molar-refractivity contribution in [3.05, 3.63) is 71.8 Å². The smallest absolute Gasteiger partial charge is 0.235 e. The van der Waals surface area contributed by atoms with Gasteiger partial charge in [0.05, 0.1) is 5.25 Å². The number of carbonyl (C=O) groups is 1. The predicted octanol–water partition coefficient (Wildman–Crippen LogP) is 3.98. The van der Waals surface area contributed by atoms with Gasteiger partial charge >= 0.3 is 0 Å². The summed E-state index contributed by atoms with van der Waals surface area (Å²) in [4.78, 5) is 17.3. The summed E-state index contributed by atoms with van der Waals surface area (Å²) >= 11 is 2.99. The van der Waals surface area contributed by atoms with Crippen LogP contribution >= 0.6 is 23.1 Å². The van der Waals surface area contributed by atoms with Gasteiger partial charge < -0.3 is 10.2 Å². The summed E-state index contributed by atoms with van der Waals surface area (Å²) in [6, 6.07) is 20.7. The summed E-state index contributed by atoms with van der Waals surface area (Å²) in [7, 11) is 0. The third-order valence-electron chi connectivity index (χ3n) is 5.25. The molecule has 0 bridgehead atoms. The highest BCUT2D eigenvalue weighted by Gasteiger charge is 2.26. The van der Waals surface area contributed by atoms with Gasteiger partial charge in [-0.25, -0.2) is 0 Å². The van der Waals surface area contributed by atoms with Crippen molar-refractivity contribution in [2.24, 2.45) is 0 Å². The maximum atomic E-state index is 12.9. The second-order valence-corrected chi connectivity index (χ2v) is 10.1. The molecule has 8 heteroatoms. The molecular weight excluding hydrogens is 426 g/mol. The van der Waals surface area contributed by atoms with Crippen molar-refractivity contribution in [3.63, 3.8) is 0 Å². The Morgan fingerprint density at radius 2 is 1.65 bits per heavy atom. The standard InChI is InChI=1S/C23H27N5OS2/c1-18(30-23-26-25-22(31-23)24-16-19-8-4-2-5-9-19)21(29)28-14-12-27(13-15-28)17-20-10-6-3-7-11-20/h2-11,18H,12-17H2,1H3,(H,24,25)/t18-/m1/s1. The molecule has 31 heavy (non-hydrogen) atoms. The average molecular weight is 454 g/mol. The van der Waals surface area contributed by atoms with Gasteiger partial charge in [-0.2, -0.15) is 0 Å². The van der Waals surface area contributed by atoms with Crippen molar-refractivity contribution in [2.45, 2.75) is 29.6 Å². The first-order chi connectivity index (χ1) is 15.2. The second kappa shape index (κ2) is 10.7. The van der Waals surface area contributed by atoms with E-state index in [0.717, 1.165) is 42.2 Å². The Bertz CT molecular complexity index is 958. The number of aromatic nitrogens is 2. The molecule has 4 rings (SSSR count). The van der Waals surface area contributed by atoms with Crippen molar-refractivity contribution < 1.29 is 4.79 Å². The molecule has 1 N–H and O–H groups in total. The fourth-order valence-electron chi connectivity index (χ4n) is 3.53. The van der Waals surface area contributed by atoms with Gasteiger partial charge in [-0.15, -0.1) is 10.2 Å². The first-order valence-corrected chi connectivity index (χ1v) is 12.2. The number of rotatable bonds is 8. The lowest BCUT2D eigenvalue weighted by Gasteiger charge is -2.35. The van der Waals surface area contributed by atoms with E-state index in [4.69, 9.17) is 0 Å². The molecule has 0 saturated carbocycles. The lowest BCUT2D eigenvalue weighted by Crippen LogP contribution is -2.50. The van der Waals surface area contributed by atoms with Crippen molar-refractivity contribution >= 4 is 34.1 Å². The van der Waals surface area contributed by atoms with Gasteiger partial charge in [-0.05, 0) is 18.1 Å². The quantitative estimate of drug-likeness (QED) is 0.521. The van der Waals surface area contributed by atoms with Crippen molar-refractivity contribution in [2.75, 3.05) is 31.5 Å². The molecule has 1 aliphatic heterocycles. The van der Waals surface area contributed by atoms with E-state index in [0.29, 0.717) is 6.54 Å². The Labute approximate surface area is 191 Å². The number of piperazine rings is 1. The van der Waals surface area contributed by atoms with Crippen molar-refractivity contribution in [3.8, 4) is 0 Å². The Balaban J connectivity index is 1.22. The molecule has 0 spiro atoms. The SMILES string of the molecule is C[C@@H](Sc1nnc(NCc2ccccc2)s1)C(=O)N1CCN(Cc2ccccc2)CC1. The number of carbonyl (C=O) groups excluding carboxylic acids is 1. The number of nitrogens with one attached hydrogen (secondary N) is 1. The zero-order valence-corrected chi connectivity index (χ0v) is 19.2. The fourth-order valence-corrected chi connectivity index (χ4v) is 5.50. The van der Waals surface area contributed by atoms with Crippen molar-refractivity contribution in [1.29, 1.82) is 0 Å². The van der Waals surface area contributed by atoms with Crippen molar-refractivity contribution in [1.82, 2.24) is 20.0 Å². The molecule has 0 unspecified atom stereocenters. The Hall–Kier alpha value is -2.42. The van der Waals surface area contributed by atoms with E-state index in [2.05, 4.69) is 56.8 Å². The van der Waals surface area contributed by atoms with Gasteiger partial charge in [0.1, 0.15) is 0 Å². The summed E-state index contributed by atoms with van der Waals surface area (Å²) in [5.41, 5.74) is 2.51. The maximum Gasteiger partial charge on any atom is 0.235 e. The van der Waals surface area contributed by atoms with Crippen LogP contribution < -0.4 is 5.32 Å². The number of nitrogens with zero attached hydrogens (tertiary/aromatic N) is 4. The molecule has 2 aromatic carbocycles. The number of amides is 1. The van der Waals surface area contributed by atoms with E-state index in [1.165, 1.54) is 34.2 Å². The number of thioether (sulfide) groups is 1. The molecule has 1 amide bonds. The van der Waals surface area contributed by atoms with Crippen LogP contribution in [0.25, 0.3) is 0 Å². The van der Waals surface area contributed by atoms with Crippen LogP contribution in [0.3, 0.4) is 0 Å². The van der Waals surface area contributed by atoms with Gasteiger partial charge in [0.25, 0.3) is 0 Å². The minimum Gasteiger partial charge on any atom is -0.356 e. The van der Waals surface area contributed by atoms with Crippen LogP contribution in [0.4, 0.5) is 5.13 Å². The molecular formula is C23H27N5OS2. The molecule has 0 aliphatic carbocycles. The van der Waals surface area contributed by atoms with Gasteiger partial charge in [-0.3, -0.25) is 9.69 Å². The van der Waals surface area contributed by atoms with Crippen LogP contribution in [0.5, 0.6) is 0 Å². The Kier molecular flexibility index (Phi) is 7.56. The summed E-state index contributed by atoms with van der Waals surface area (Å²) in [5.74, 6) is 0.179. The van der Waals surface area contributed by atoms with Crippen LogP contribution in [0.1, 0.15) is 18.1 Å². The Morgan fingerprint density at radius 1 is 1.00 bits per heavy atom. The monoisotopic (exact) mass is 453 g/mol. The van der Waals surface area contributed by atoms with Crippen LogP contribution in [-0.4, -0.2) is 57.3 Å². The lowest BCUT2D eigenvalue weighted by atomic mass is 10.2. The van der Waals surface area contributed by atoms with Crippen LogP contribution in [0, 0.1) is 0 Å². The first-order valence-electron chi connectivity index (χ1n) is 10.5. The third kappa shape index (κ3) is 6.29. The summed E-state index contributed by atoms with van der Waals surface area (Å²) in [6.45, 7) is 6.97. The van der Waals surface area contributed by atoms with Gasteiger partial charge in [0.2, 0.25) is 11.0 Å². The van der Waals surface area contributed by atoms with Crippen LogP contribution in [0.15, 0.2) is 65.0 Å². The topological polar surface area (TPSA) is 61.4 Å². The van der Waals surface area contributed by atoms with Crippen LogP contribution in [0.2, 0.25) is 0 Å². The minimum atomic E-state index is -0.171. The van der Waals surface area contributed by atoms with E-state index in [-0.39, 0.29) is 11.2 Å². The van der Waals surface area contributed by atoms with Gasteiger partial charge in [-0.1, -0.05) is 83.8 Å². The normalized spacial score (nSPS) is 15.6. The number of benzene rings is 2. The lowest BCUT2D eigenvalue weighted by molar-refractivity contribution is -0.132. The highest BCUT2D eigenvalue weighted by Crippen LogP contribution is 2.30. The summed E-state index contributed by atoms with van der Waals surface area (Å²) in [5, 5.41) is 12.4. The molecule has 1 fully saturated rings. The molecule has 3 aromatic rings. The molecule has 6 nitrogen and oxygen atoms in total. The molecule has 2 heterocycles. The van der Waals surface area contributed by atoms with E-state index in [9.17, 15) is 4.79 Å².